The topological polar surface area (TPSA) is 17.8 Å². The van der Waals surface area contributed by atoms with Crippen molar-refractivity contribution >= 4 is 0 Å². The number of aromatic nitrogens is 2. The van der Waals surface area contributed by atoms with Crippen LogP contribution in [0.4, 0.5) is 4.39 Å². The van der Waals surface area contributed by atoms with Gasteiger partial charge in [-0.2, -0.15) is 5.10 Å². The molecule has 0 amide bonds. The monoisotopic (exact) mass is 156 g/mol. The van der Waals surface area contributed by atoms with Gasteiger partial charge in [-0.15, -0.1) is 0 Å². The van der Waals surface area contributed by atoms with E-state index in [9.17, 15) is 4.39 Å². The van der Waals surface area contributed by atoms with E-state index >= 15 is 0 Å². The second-order valence-electron chi connectivity index (χ2n) is 2.93. The summed E-state index contributed by atoms with van der Waals surface area (Å²) in [6.45, 7) is 5.53. The fourth-order valence-electron chi connectivity index (χ4n) is 1.08. The molecule has 0 N–H and O–H groups in total. The summed E-state index contributed by atoms with van der Waals surface area (Å²) >= 11 is 0. The van der Waals surface area contributed by atoms with E-state index in [1.54, 1.807) is 6.20 Å². The van der Waals surface area contributed by atoms with E-state index in [2.05, 4.69) is 5.10 Å². The summed E-state index contributed by atoms with van der Waals surface area (Å²) in [6.07, 6.45) is 0.605. The summed E-state index contributed by atoms with van der Waals surface area (Å²) in [4.78, 5) is 0. The molecule has 1 atom stereocenters. The summed E-state index contributed by atoms with van der Waals surface area (Å²) in [5.41, 5.74) is 0.944. The molecule has 0 aliphatic carbocycles. The van der Waals surface area contributed by atoms with Crippen LogP contribution in [0.15, 0.2) is 12.3 Å². The van der Waals surface area contributed by atoms with Gasteiger partial charge in [0.05, 0.1) is 0 Å². The van der Waals surface area contributed by atoms with Crippen molar-refractivity contribution in [3.05, 3.63) is 18.0 Å². The third kappa shape index (κ3) is 1.59. The minimum atomic E-state index is -1.03. The Morgan fingerprint density at radius 2 is 2.09 bits per heavy atom. The summed E-state index contributed by atoms with van der Waals surface area (Å²) in [7, 11) is 0. The molecule has 2 nitrogen and oxygen atoms in total. The van der Waals surface area contributed by atoms with Crippen molar-refractivity contribution in [2.75, 3.05) is 0 Å². The predicted molar refractivity (Wildman–Crippen MR) is 42.1 cm³/mol. The number of halogens is 1. The van der Waals surface area contributed by atoms with Crippen LogP contribution in [0.5, 0.6) is 0 Å². The zero-order chi connectivity index (χ0) is 8.43. The molecule has 62 valence electrons. The highest BCUT2D eigenvalue weighted by Crippen LogP contribution is 2.17. The van der Waals surface area contributed by atoms with Crippen molar-refractivity contribution < 1.29 is 4.39 Å². The second-order valence-corrected chi connectivity index (χ2v) is 2.93. The predicted octanol–water partition coefficient (Wildman–Crippen LogP) is 2.49. The Labute approximate surface area is 66.0 Å². The maximum absolute atomic E-state index is 12.8. The van der Waals surface area contributed by atoms with Crippen LogP contribution in [0.1, 0.15) is 38.7 Å². The number of alkyl halides is 1. The number of rotatable bonds is 2. The van der Waals surface area contributed by atoms with E-state index in [0.717, 1.165) is 5.69 Å². The summed E-state index contributed by atoms with van der Waals surface area (Å²) < 4.78 is 14.2. The molecule has 0 aliphatic heterocycles. The molecular weight excluding hydrogens is 143 g/mol. The Balaban J connectivity index is 2.96. The van der Waals surface area contributed by atoms with E-state index in [1.807, 2.05) is 19.9 Å². The van der Waals surface area contributed by atoms with Crippen LogP contribution in [0.2, 0.25) is 0 Å². The first-order valence-electron chi connectivity index (χ1n) is 3.80. The average molecular weight is 156 g/mol. The molecule has 0 saturated heterocycles. The van der Waals surface area contributed by atoms with Gasteiger partial charge in [0.15, 0.2) is 6.30 Å². The van der Waals surface area contributed by atoms with Crippen LogP contribution >= 0.6 is 0 Å². The van der Waals surface area contributed by atoms with Gasteiger partial charge >= 0.3 is 0 Å². The van der Waals surface area contributed by atoms with Crippen molar-refractivity contribution in [3.8, 4) is 0 Å². The van der Waals surface area contributed by atoms with E-state index in [-0.39, 0.29) is 0 Å². The molecule has 0 aromatic carbocycles. The van der Waals surface area contributed by atoms with Crippen LogP contribution in [-0.2, 0) is 0 Å². The highest BCUT2D eigenvalue weighted by molar-refractivity contribution is 5.05. The van der Waals surface area contributed by atoms with Gasteiger partial charge in [0.1, 0.15) is 0 Å². The third-order valence-electron chi connectivity index (χ3n) is 1.63. The van der Waals surface area contributed by atoms with Crippen LogP contribution in [0, 0.1) is 0 Å². The summed E-state index contributed by atoms with van der Waals surface area (Å²) in [6, 6.07) is 1.85. The van der Waals surface area contributed by atoms with Gasteiger partial charge in [0.2, 0.25) is 0 Å². The minimum Gasteiger partial charge on any atom is -0.236 e. The zero-order valence-corrected chi connectivity index (χ0v) is 7.08. The Bertz CT molecular complexity index is 205. The van der Waals surface area contributed by atoms with E-state index in [4.69, 9.17) is 0 Å². The molecule has 3 heteroatoms. The third-order valence-corrected chi connectivity index (χ3v) is 1.63. The fourth-order valence-corrected chi connectivity index (χ4v) is 1.08. The van der Waals surface area contributed by atoms with E-state index < -0.39 is 6.30 Å². The zero-order valence-electron chi connectivity index (χ0n) is 7.08. The van der Waals surface area contributed by atoms with Crippen molar-refractivity contribution in [1.29, 1.82) is 0 Å². The van der Waals surface area contributed by atoms with Crippen LogP contribution < -0.4 is 0 Å². The first-order valence-corrected chi connectivity index (χ1v) is 3.80. The van der Waals surface area contributed by atoms with Crippen LogP contribution in [-0.4, -0.2) is 9.78 Å². The highest BCUT2D eigenvalue weighted by atomic mass is 19.1. The first kappa shape index (κ1) is 8.24. The molecule has 0 bridgehead atoms. The molecule has 0 fully saturated rings. The lowest BCUT2D eigenvalue weighted by atomic mass is 10.1. The number of hydrogen-bond acceptors (Lipinski definition) is 1. The van der Waals surface area contributed by atoms with Crippen LogP contribution in [0.25, 0.3) is 0 Å². The Hall–Kier alpha value is -0.860. The Morgan fingerprint density at radius 1 is 1.45 bits per heavy atom. The smallest absolute Gasteiger partial charge is 0.189 e. The molecule has 0 aliphatic rings. The quantitative estimate of drug-likeness (QED) is 0.643. The Kier molecular flexibility index (Phi) is 2.27. The largest absolute Gasteiger partial charge is 0.236 e. The summed E-state index contributed by atoms with van der Waals surface area (Å²) in [5.74, 6) is 0.329. The molecule has 1 aromatic rings. The lowest BCUT2D eigenvalue weighted by Gasteiger charge is -2.10. The molecule has 0 radical (unpaired) electrons. The molecule has 1 rings (SSSR count). The highest BCUT2D eigenvalue weighted by Gasteiger charge is 2.10. The molecule has 1 unspecified atom stereocenters. The number of nitrogens with zero attached hydrogens (tertiary/aromatic N) is 2. The maximum Gasteiger partial charge on any atom is 0.189 e. The molecule has 11 heavy (non-hydrogen) atoms. The maximum atomic E-state index is 12.8. The van der Waals surface area contributed by atoms with Crippen molar-refractivity contribution in [2.24, 2.45) is 0 Å². The number of hydrogen-bond donors (Lipinski definition) is 0. The molecule has 1 heterocycles. The first-order chi connectivity index (χ1) is 5.13. The minimum absolute atomic E-state index is 0.329. The SMILES string of the molecule is CC(C)c1ccnn1C(C)F. The molecule has 0 spiro atoms. The van der Waals surface area contributed by atoms with Crippen molar-refractivity contribution in [2.45, 2.75) is 33.0 Å². The van der Waals surface area contributed by atoms with Crippen molar-refractivity contribution in [1.82, 2.24) is 9.78 Å². The Morgan fingerprint density at radius 3 is 2.45 bits per heavy atom. The van der Waals surface area contributed by atoms with Gasteiger partial charge in [-0.05, 0) is 18.9 Å². The fraction of sp³-hybridized carbons (Fsp3) is 0.625. The van der Waals surface area contributed by atoms with E-state index in [0.29, 0.717) is 5.92 Å². The van der Waals surface area contributed by atoms with Gasteiger partial charge in [0.25, 0.3) is 0 Å². The van der Waals surface area contributed by atoms with Gasteiger partial charge in [-0.3, -0.25) is 0 Å². The molecular formula is C8H13FN2. The van der Waals surface area contributed by atoms with Gasteiger partial charge in [0, 0.05) is 11.9 Å². The molecule has 0 saturated carbocycles. The van der Waals surface area contributed by atoms with Gasteiger partial charge in [-0.1, -0.05) is 13.8 Å². The van der Waals surface area contributed by atoms with Crippen molar-refractivity contribution in [3.63, 3.8) is 0 Å². The lowest BCUT2D eigenvalue weighted by molar-refractivity contribution is 0.237. The molecule has 1 aromatic heterocycles. The standard InChI is InChI=1S/C8H13FN2/c1-6(2)8-4-5-10-11(8)7(3)9/h4-7H,1-3H3. The van der Waals surface area contributed by atoms with Gasteiger partial charge < -0.3 is 0 Å². The van der Waals surface area contributed by atoms with Gasteiger partial charge in [-0.25, -0.2) is 9.07 Å². The normalized spacial score (nSPS) is 13.9. The average Bonchev–Trinajstić information content (AvgIpc) is 2.32. The summed E-state index contributed by atoms with van der Waals surface area (Å²) in [5, 5.41) is 3.88. The van der Waals surface area contributed by atoms with Crippen LogP contribution in [0.3, 0.4) is 0 Å². The lowest BCUT2D eigenvalue weighted by Crippen LogP contribution is -2.07. The second kappa shape index (κ2) is 3.03. The van der Waals surface area contributed by atoms with E-state index in [1.165, 1.54) is 11.6 Å².